The molecule has 0 aliphatic rings. The lowest BCUT2D eigenvalue weighted by molar-refractivity contribution is 0.0935. The van der Waals surface area contributed by atoms with Crippen molar-refractivity contribution in [1.82, 2.24) is 19.8 Å². The number of nitrogens with zero attached hydrogens (tertiary/aromatic N) is 2. The number of hydrogen-bond donors (Lipinski definition) is 2. The normalized spacial score (nSPS) is 12.8. The number of rotatable bonds is 8. The first-order chi connectivity index (χ1) is 12.2. The van der Waals surface area contributed by atoms with Gasteiger partial charge in [0.1, 0.15) is 10.6 Å². The zero-order valence-corrected chi connectivity index (χ0v) is 16.1. The van der Waals surface area contributed by atoms with Gasteiger partial charge in [0.2, 0.25) is 10.0 Å². The number of nitrogens with one attached hydrogen (secondary N) is 2. The minimum absolute atomic E-state index is 0.0684. The molecule has 0 saturated carbocycles. The standard InChI is InChI=1S/C17H24N4O4S/c1-12(2)20-26(23,24)16-10-14(6-7-15(16)25-4)17(22)19-13(3)11-21-9-5-8-18-21/h5-10,12-13,20H,11H2,1-4H3,(H,19,22). The number of sulfonamides is 1. The Hall–Kier alpha value is -2.39. The zero-order valence-electron chi connectivity index (χ0n) is 15.3. The van der Waals surface area contributed by atoms with Crippen LogP contribution >= 0.6 is 0 Å². The molecule has 8 nitrogen and oxygen atoms in total. The lowest BCUT2D eigenvalue weighted by atomic mass is 10.2. The van der Waals surface area contributed by atoms with Gasteiger partial charge in [-0.3, -0.25) is 9.48 Å². The number of benzene rings is 1. The summed E-state index contributed by atoms with van der Waals surface area (Å²) in [7, 11) is -2.41. The van der Waals surface area contributed by atoms with E-state index in [1.54, 1.807) is 37.0 Å². The topological polar surface area (TPSA) is 102 Å². The predicted octanol–water partition coefficient (Wildman–Crippen LogP) is 1.40. The maximum Gasteiger partial charge on any atom is 0.251 e. The molecule has 142 valence electrons. The molecule has 1 atom stereocenters. The summed E-state index contributed by atoms with van der Waals surface area (Å²) in [5.74, 6) is -0.187. The van der Waals surface area contributed by atoms with Crippen LogP contribution in [0.1, 0.15) is 31.1 Å². The number of aromatic nitrogens is 2. The molecule has 0 saturated heterocycles. The van der Waals surface area contributed by atoms with E-state index in [2.05, 4.69) is 15.1 Å². The zero-order chi connectivity index (χ0) is 19.3. The largest absolute Gasteiger partial charge is 0.495 e. The third-order valence-electron chi connectivity index (χ3n) is 3.50. The van der Waals surface area contributed by atoms with E-state index in [4.69, 9.17) is 4.74 Å². The van der Waals surface area contributed by atoms with Gasteiger partial charge in [-0.05, 0) is 45.0 Å². The SMILES string of the molecule is COc1ccc(C(=O)NC(C)Cn2cccn2)cc1S(=O)(=O)NC(C)C. The third kappa shape index (κ3) is 5.06. The Bertz CT molecular complexity index is 848. The minimum atomic E-state index is -3.80. The van der Waals surface area contributed by atoms with Crippen LogP contribution in [0.5, 0.6) is 5.75 Å². The van der Waals surface area contributed by atoms with Crippen LogP contribution in [0, 0.1) is 0 Å². The first kappa shape index (κ1) is 19.9. The summed E-state index contributed by atoms with van der Waals surface area (Å²) in [6.45, 7) is 5.80. The van der Waals surface area contributed by atoms with Gasteiger partial charge < -0.3 is 10.1 Å². The van der Waals surface area contributed by atoms with Gasteiger partial charge in [0, 0.05) is 30.0 Å². The lowest BCUT2D eigenvalue weighted by Crippen LogP contribution is -2.36. The highest BCUT2D eigenvalue weighted by atomic mass is 32.2. The van der Waals surface area contributed by atoms with Gasteiger partial charge in [0.05, 0.1) is 13.7 Å². The molecule has 1 aromatic heterocycles. The molecule has 9 heteroatoms. The predicted molar refractivity (Wildman–Crippen MR) is 97.6 cm³/mol. The highest BCUT2D eigenvalue weighted by molar-refractivity contribution is 7.89. The van der Waals surface area contributed by atoms with Crippen LogP contribution in [-0.4, -0.2) is 43.3 Å². The van der Waals surface area contributed by atoms with Crippen molar-refractivity contribution in [3.05, 3.63) is 42.2 Å². The van der Waals surface area contributed by atoms with Crippen LogP contribution in [0.2, 0.25) is 0 Å². The maximum atomic E-state index is 12.5. The molecule has 1 amide bonds. The molecule has 0 bridgehead atoms. The summed E-state index contributed by atoms with van der Waals surface area (Å²) in [6, 6.07) is 5.66. The molecule has 26 heavy (non-hydrogen) atoms. The number of carbonyl (C=O) groups excluding carboxylic acids is 1. The average molecular weight is 380 g/mol. The van der Waals surface area contributed by atoms with Crippen molar-refractivity contribution in [2.45, 2.75) is 44.3 Å². The summed E-state index contributed by atoms with van der Waals surface area (Å²) in [4.78, 5) is 12.4. The fourth-order valence-corrected chi connectivity index (χ4v) is 3.89. The number of methoxy groups -OCH3 is 1. The minimum Gasteiger partial charge on any atom is -0.495 e. The number of carbonyl (C=O) groups is 1. The Labute approximate surface area is 153 Å². The fourth-order valence-electron chi connectivity index (χ4n) is 2.44. The first-order valence-corrected chi connectivity index (χ1v) is 9.70. The summed E-state index contributed by atoms with van der Waals surface area (Å²) >= 11 is 0. The van der Waals surface area contributed by atoms with E-state index < -0.39 is 10.0 Å². The molecule has 0 spiro atoms. The van der Waals surface area contributed by atoms with Gasteiger partial charge >= 0.3 is 0 Å². The van der Waals surface area contributed by atoms with Gasteiger partial charge in [-0.1, -0.05) is 0 Å². The molecule has 1 unspecified atom stereocenters. The Morgan fingerprint density at radius 2 is 2.04 bits per heavy atom. The van der Waals surface area contributed by atoms with Crippen molar-refractivity contribution >= 4 is 15.9 Å². The van der Waals surface area contributed by atoms with E-state index in [1.165, 1.54) is 25.3 Å². The Kier molecular flexibility index (Phi) is 6.38. The molecule has 1 aromatic carbocycles. The molecule has 2 aromatic rings. The van der Waals surface area contributed by atoms with Gasteiger partial charge in [-0.25, -0.2) is 13.1 Å². The van der Waals surface area contributed by atoms with Crippen LogP contribution in [0.15, 0.2) is 41.6 Å². The quantitative estimate of drug-likeness (QED) is 0.721. The van der Waals surface area contributed by atoms with Gasteiger partial charge in [0.25, 0.3) is 5.91 Å². The van der Waals surface area contributed by atoms with Crippen molar-refractivity contribution < 1.29 is 17.9 Å². The second kappa shape index (κ2) is 8.33. The fraction of sp³-hybridized carbons (Fsp3) is 0.412. The monoisotopic (exact) mass is 380 g/mol. The number of ether oxygens (including phenoxy) is 1. The highest BCUT2D eigenvalue weighted by Crippen LogP contribution is 2.25. The van der Waals surface area contributed by atoms with Gasteiger partial charge in [-0.2, -0.15) is 5.10 Å². The smallest absolute Gasteiger partial charge is 0.251 e. The second-order valence-electron chi connectivity index (χ2n) is 6.24. The summed E-state index contributed by atoms with van der Waals surface area (Å²) in [6.07, 6.45) is 3.47. The Morgan fingerprint density at radius 1 is 1.31 bits per heavy atom. The second-order valence-corrected chi connectivity index (χ2v) is 7.93. The summed E-state index contributed by atoms with van der Waals surface area (Å²) < 4.78 is 34.3. The van der Waals surface area contributed by atoms with E-state index in [9.17, 15) is 13.2 Å². The molecule has 0 aliphatic carbocycles. The molecule has 0 aliphatic heterocycles. The van der Waals surface area contributed by atoms with Crippen molar-refractivity contribution in [3.63, 3.8) is 0 Å². The van der Waals surface area contributed by atoms with E-state index in [0.717, 1.165) is 0 Å². The van der Waals surface area contributed by atoms with Crippen molar-refractivity contribution in [2.75, 3.05) is 7.11 Å². The number of amides is 1. The molecule has 0 radical (unpaired) electrons. The first-order valence-electron chi connectivity index (χ1n) is 8.21. The Morgan fingerprint density at radius 3 is 2.62 bits per heavy atom. The molecular weight excluding hydrogens is 356 g/mol. The van der Waals surface area contributed by atoms with Crippen molar-refractivity contribution in [1.29, 1.82) is 0 Å². The molecule has 2 rings (SSSR count). The van der Waals surface area contributed by atoms with Crippen LogP contribution in [0.3, 0.4) is 0 Å². The van der Waals surface area contributed by atoms with E-state index in [1.807, 2.05) is 6.92 Å². The van der Waals surface area contributed by atoms with Crippen LogP contribution in [-0.2, 0) is 16.6 Å². The van der Waals surface area contributed by atoms with Crippen LogP contribution < -0.4 is 14.8 Å². The molecule has 0 fully saturated rings. The van der Waals surface area contributed by atoms with Gasteiger partial charge in [-0.15, -0.1) is 0 Å². The molecule has 2 N–H and O–H groups in total. The highest BCUT2D eigenvalue weighted by Gasteiger charge is 2.23. The molecular formula is C17H24N4O4S. The van der Waals surface area contributed by atoms with Crippen LogP contribution in [0.4, 0.5) is 0 Å². The maximum absolute atomic E-state index is 12.5. The third-order valence-corrected chi connectivity index (χ3v) is 5.18. The summed E-state index contributed by atoms with van der Waals surface area (Å²) in [5, 5.41) is 6.93. The Balaban J connectivity index is 2.21. The van der Waals surface area contributed by atoms with Crippen LogP contribution in [0.25, 0.3) is 0 Å². The van der Waals surface area contributed by atoms with Crippen molar-refractivity contribution in [3.8, 4) is 5.75 Å². The van der Waals surface area contributed by atoms with E-state index in [0.29, 0.717) is 6.54 Å². The number of hydrogen-bond acceptors (Lipinski definition) is 5. The summed E-state index contributed by atoms with van der Waals surface area (Å²) in [5.41, 5.74) is 0.238. The average Bonchev–Trinajstić information content (AvgIpc) is 3.05. The molecule has 1 heterocycles. The van der Waals surface area contributed by atoms with E-state index in [-0.39, 0.29) is 34.2 Å². The van der Waals surface area contributed by atoms with E-state index >= 15 is 0 Å². The van der Waals surface area contributed by atoms with Gasteiger partial charge in [0.15, 0.2) is 0 Å². The van der Waals surface area contributed by atoms with Crippen molar-refractivity contribution in [2.24, 2.45) is 0 Å². The lowest BCUT2D eigenvalue weighted by Gasteiger charge is -2.16.